The van der Waals surface area contributed by atoms with E-state index in [-0.39, 0.29) is 6.07 Å². The predicted octanol–water partition coefficient (Wildman–Crippen LogP) is 2.53. The summed E-state index contributed by atoms with van der Waals surface area (Å²) in [5.74, 6) is -2.03. The number of amidine groups is 1. The van der Waals surface area contributed by atoms with Crippen LogP contribution in [0, 0.1) is 0 Å². The quantitative estimate of drug-likeness (QED) is 0.258. The van der Waals surface area contributed by atoms with E-state index in [0.717, 1.165) is 6.20 Å². The summed E-state index contributed by atoms with van der Waals surface area (Å²) in [6, 6.07) is 0.752. The van der Waals surface area contributed by atoms with Crippen LogP contribution in [-0.4, -0.2) is 16.9 Å². The van der Waals surface area contributed by atoms with Gasteiger partial charge in [0.2, 0.25) is 0 Å². The van der Waals surface area contributed by atoms with Crippen LogP contribution in [-0.2, 0) is 17.1 Å². The van der Waals surface area contributed by atoms with E-state index >= 15 is 0 Å². The number of halogens is 6. The van der Waals surface area contributed by atoms with Gasteiger partial charge in [-0.2, -0.15) is 31.4 Å². The molecule has 126 valence electrons. The number of carboxylic acid groups (broad SMARTS) is 1. The normalized spacial score (nSPS) is 13.4. The summed E-state index contributed by atoms with van der Waals surface area (Å²) in [6.07, 6.45) is -8.63. The highest BCUT2D eigenvalue weighted by Gasteiger charge is 2.37. The van der Waals surface area contributed by atoms with Crippen LogP contribution in [0.1, 0.15) is 16.7 Å². The second kappa shape index (κ2) is 6.58. The van der Waals surface area contributed by atoms with E-state index in [1.165, 1.54) is 0 Å². The minimum Gasteiger partial charge on any atom is -0.478 e. The summed E-state index contributed by atoms with van der Waals surface area (Å²) < 4.78 is 75.9. The molecule has 0 heterocycles. The molecule has 1 rings (SSSR count). The van der Waals surface area contributed by atoms with Gasteiger partial charge in [0.25, 0.3) is 0 Å². The first kappa shape index (κ1) is 18.3. The molecule has 5 nitrogen and oxygen atoms in total. The Labute approximate surface area is 125 Å². The third-order valence-corrected chi connectivity index (χ3v) is 2.37. The van der Waals surface area contributed by atoms with Gasteiger partial charge in [-0.15, -0.1) is 0 Å². The molecule has 0 amide bonds. The lowest BCUT2D eigenvalue weighted by Crippen LogP contribution is -2.20. The highest BCUT2D eigenvalue weighted by Crippen LogP contribution is 2.36. The number of benzene rings is 1. The zero-order chi connectivity index (χ0) is 17.8. The van der Waals surface area contributed by atoms with Gasteiger partial charge in [-0.1, -0.05) is 0 Å². The third kappa shape index (κ3) is 5.52. The fraction of sp³-hybridized carbons (Fsp3) is 0.167. The van der Waals surface area contributed by atoms with E-state index in [1.54, 1.807) is 0 Å². The van der Waals surface area contributed by atoms with Crippen molar-refractivity contribution in [3.63, 3.8) is 0 Å². The Hall–Kier alpha value is -2.72. The monoisotopic (exact) mass is 341 g/mol. The average Bonchev–Trinajstić information content (AvgIpc) is 2.40. The predicted molar refractivity (Wildman–Crippen MR) is 67.1 cm³/mol. The lowest BCUT2D eigenvalue weighted by molar-refractivity contribution is -0.143. The lowest BCUT2D eigenvalue weighted by atomic mass is 10.0. The molecule has 0 radical (unpaired) electrons. The van der Waals surface area contributed by atoms with Crippen molar-refractivity contribution in [2.75, 3.05) is 0 Å². The van der Waals surface area contributed by atoms with Gasteiger partial charge >= 0.3 is 18.3 Å². The van der Waals surface area contributed by atoms with Crippen molar-refractivity contribution in [1.82, 2.24) is 5.43 Å². The standard InChI is InChI=1S/C12H9F6N3O2/c13-11(14,15)7-3-6(4-8(5-7)12(16,17)18)10(19)21-20-2-1-9(22)23/h1-5,20H,(H2,19,21)(H,22,23)/b2-1-. The molecule has 1 aromatic rings. The largest absolute Gasteiger partial charge is 0.478 e. The molecule has 0 fully saturated rings. The van der Waals surface area contributed by atoms with Crippen LogP contribution in [0.2, 0.25) is 0 Å². The number of carboxylic acids is 1. The molecule has 0 bridgehead atoms. The molecule has 0 unspecified atom stereocenters. The number of rotatable bonds is 4. The fourth-order valence-corrected chi connectivity index (χ4v) is 1.38. The first-order valence-electron chi connectivity index (χ1n) is 5.69. The Balaban J connectivity index is 3.24. The van der Waals surface area contributed by atoms with Gasteiger partial charge in [0.15, 0.2) is 5.84 Å². The van der Waals surface area contributed by atoms with E-state index < -0.39 is 40.8 Å². The number of aliphatic carboxylic acids is 1. The Morgan fingerprint density at radius 1 is 1.09 bits per heavy atom. The van der Waals surface area contributed by atoms with E-state index in [2.05, 4.69) is 5.10 Å². The average molecular weight is 341 g/mol. The Bertz CT molecular complexity index is 617. The van der Waals surface area contributed by atoms with E-state index in [0.29, 0.717) is 18.2 Å². The molecule has 0 atom stereocenters. The molecule has 0 aromatic heterocycles. The maximum atomic E-state index is 12.7. The molecular weight excluding hydrogens is 332 g/mol. The van der Waals surface area contributed by atoms with Crippen LogP contribution < -0.4 is 11.2 Å². The van der Waals surface area contributed by atoms with Gasteiger partial charge in [-0.25, -0.2) is 4.79 Å². The van der Waals surface area contributed by atoms with Crippen molar-refractivity contribution >= 4 is 11.8 Å². The highest BCUT2D eigenvalue weighted by molar-refractivity contribution is 5.97. The van der Waals surface area contributed by atoms with Crippen molar-refractivity contribution in [3.8, 4) is 0 Å². The van der Waals surface area contributed by atoms with Crippen molar-refractivity contribution in [3.05, 3.63) is 47.2 Å². The van der Waals surface area contributed by atoms with Gasteiger partial charge in [0.1, 0.15) is 0 Å². The molecule has 23 heavy (non-hydrogen) atoms. The summed E-state index contributed by atoms with van der Waals surface area (Å²) in [6.45, 7) is 0. The summed E-state index contributed by atoms with van der Waals surface area (Å²) in [5.41, 5.74) is 3.58. The Kier molecular flexibility index (Phi) is 5.25. The third-order valence-electron chi connectivity index (χ3n) is 2.37. The fourth-order valence-electron chi connectivity index (χ4n) is 1.38. The molecular formula is C12H9F6N3O2. The van der Waals surface area contributed by atoms with Gasteiger partial charge in [0, 0.05) is 17.8 Å². The van der Waals surface area contributed by atoms with E-state index in [1.807, 2.05) is 5.43 Å². The molecule has 11 heteroatoms. The van der Waals surface area contributed by atoms with Gasteiger partial charge in [-0.3, -0.25) is 5.43 Å². The van der Waals surface area contributed by atoms with Crippen molar-refractivity contribution in [2.24, 2.45) is 10.8 Å². The number of nitrogens with two attached hydrogens (primary N) is 1. The van der Waals surface area contributed by atoms with Crippen molar-refractivity contribution < 1.29 is 36.2 Å². The van der Waals surface area contributed by atoms with Crippen LogP contribution in [0.15, 0.2) is 35.6 Å². The maximum Gasteiger partial charge on any atom is 0.416 e. The summed E-state index contributed by atoms with van der Waals surface area (Å²) >= 11 is 0. The first-order valence-corrected chi connectivity index (χ1v) is 5.69. The maximum absolute atomic E-state index is 12.7. The van der Waals surface area contributed by atoms with Gasteiger partial charge in [-0.05, 0) is 18.2 Å². The number of alkyl halides is 6. The highest BCUT2D eigenvalue weighted by atomic mass is 19.4. The van der Waals surface area contributed by atoms with E-state index in [4.69, 9.17) is 10.8 Å². The van der Waals surface area contributed by atoms with Crippen molar-refractivity contribution in [1.29, 1.82) is 0 Å². The smallest absolute Gasteiger partial charge is 0.416 e. The number of nitrogens with zero attached hydrogens (tertiary/aromatic N) is 1. The second-order valence-corrected chi connectivity index (χ2v) is 4.09. The van der Waals surface area contributed by atoms with Crippen LogP contribution in [0.5, 0.6) is 0 Å². The number of hydrazone groups is 1. The van der Waals surface area contributed by atoms with Crippen molar-refractivity contribution in [2.45, 2.75) is 12.4 Å². The van der Waals surface area contributed by atoms with Gasteiger partial charge in [0.05, 0.1) is 11.1 Å². The molecule has 0 saturated heterocycles. The molecule has 4 N–H and O–H groups in total. The second-order valence-electron chi connectivity index (χ2n) is 4.09. The summed E-state index contributed by atoms with van der Waals surface area (Å²) in [5, 5.41) is 11.6. The SMILES string of the molecule is N/C(=N\N/C=C\C(=O)O)c1cc(C(F)(F)F)cc(C(F)(F)F)c1. The molecule has 0 aliphatic heterocycles. The summed E-state index contributed by atoms with van der Waals surface area (Å²) in [4.78, 5) is 10.2. The molecule has 0 saturated carbocycles. The molecule has 0 spiro atoms. The Morgan fingerprint density at radius 3 is 1.96 bits per heavy atom. The zero-order valence-corrected chi connectivity index (χ0v) is 11.0. The van der Waals surface area contributed by atoms with Crippen LogP contribution in [0.25, 0.3) is 0 Å². The molecule has 0 aliphatic carbocycles. The van der Waals surface area contributed by atoms with Crippen LogP contribution in [0.4, 0.5) is 26.3 Å². The number of carbonyl (C=O) groups is 1. The first-order chi connectivity index (χ1) is 10.4. The number of nitrogens with one attached hydrogen (secondary N) is 1. The van der Waals surface area contributed by atoms with Gasteiger partial charge < -0.3 is 10.8 Å². The lowest BCUT2D eigenvalue weighted by Gasteiger charge is -2.13. The summed E-state index contributed by atoms with van der Waals surface area (Å²) in [7, 11) is 0. The minimum atomic E-state index is -5.01. The number of hydrogen-bond donors (Lipinski definition) is 3. The Morgan fingerprint density at radius 2 is 1.57 bits per heavy atom. The zero-order valence-electron chi connectivity index (χ0n) is 11.0. The topological polar surface area (TPSA) is 87.7 Å². The molecule has 0 aliphatic rings. The van der Waals surface area contributed by atoms with Crippen LogP contribution >= 0.6 is 0 Å². The molecule has 1 aromatic carbocycles. The number of hydrogen-bond acceptors (Lipinski definition) is 3. The minimum absolute atomic E-state index is 0.0471. The van der Waals surface area contributed by atoms with E-state index in [9.17, 15) is 31.1 Å². The van der Waals surface area contributed by atoms with Crippen LogP contribution in [0.3, 0.4) is 0 Å².